The van der Waals surface area contributed by atoms with Crippen LogP contribution in [0.3, 0.4) is 0 Å². The molecule has 0 bridgehead atoms. The van der Waals surface area contributed by atoms with Crippen molar-refractivity contribution >= 4 is 24.2 Å². The van der Waals surface area contributed by atoms with Crippen LogP contribution >= 0.6 is 11.6 Å². The minimum atomic E-state index is -1.83. The molecule has 1 aliphatic rings. The van der Waals surface area contributed by atoms with Gasteiger partial charge in [-0.15, -0.1) is 0 Å². The molecule has 0 amide bonds. The highest BCUT2D eigenvalue weighted by atomic mass is 35.5. The van der Waals surface area contributed by atoms with Gasteiger partial charge in [0.2, 0.25) is 0 Å². The van der Waals surface area contributed by atoms with Gasteiger partial charge in [0.1, 0.15) is 18.1 Å². The topological polar surface area (TPSA) is 80.9 Å². The number of halogens is 1. The van der Waals surface area contributed by atoms with E-state index in [4.69, 9.17) is 21.1 Å². The molecule has 0 saturated carbocycles. The number of hydrogen-bond donors (Lipinski definition) is 2. The second kappa shape index (κ2) is 8.60. The number of pyridine rings is 1. The normalized spacial score (nSPS) is 15.5. The molecule has 2 aromatic rings. The molecule has 0 fully saturated rings. The van der Waals surface area contributed by atoms with E-state index in [1.165, 1.54) is 12.3 Å². The van der Waals surface area contributed by atoms with Crippen LogP contribution in [0.25, 0.3) is 11.3 Å². The summed E-state index contributed by atoms with van der Waals surface area (Å²) in [5.74, 6) is 1.33. The van der Waals surface area contributed by atoms with Gasteiger partial charge in [0.05, 0.1) is 23.4 Å². The first-order valence-electron chi connectivity index (χ1n) is 9.55. The Kier molecular flexibility index (Phi) is 6.38. The number of hydrogen-bond acceptors (Lipinski definition) is 5. The zero-order valence-electron chi connectivity index (χ0n) is 16.3. The van der Waals surface area contributed by atoms with Gasteiger partial charge < -0.3 is 24.1 Å². The van der Waals surface area contributed by atoms with Crippen LogP contribution in [0.15, 0.2) is 29.2 Å². The fourth-order valence-corrected chi connectivity index (χ4v) is 3.53. The van der Waals surface area contributed by atoms with Crippen molar-refractivity contribution in [3.8, 4) is 22.8 Å². The molecule has 0 aliphatic carbocycles. The van der Waals surface area contributed by atoms with Crippen LogP contribution in [0.2, 0.25) is 5.02 Å². The average Bonchev–Trinajstić information content (AvgIpc) is 2.78. The molecule has 0 radical (unpaired) electrons. The predicted molar refractivity (Wildman–Crippen MR) is 111 cm³/mol. The van der Waals surface area contributed by atoms with Gasteiger partial charge in [-0.25, -0.2) is 0 Å². The summed E-state index contributed by atoms with van der Waals surface area (Å²) in [7, 11) is -1.83. The number of nitrogens with zero attached hydrogens (tertiary/aromatic N) is 1. The van der Waals surface area contributed by atoms with Crippen molar-refractivity contribution in [3.05, 3.63) is 39.6 Å². The molecule has 2 heterocycles. The minimum Gasteiger partial charge on any atom is -0.492 e. The van der Waals surface area contributed by atoms with Crippen LogP contribution in [0, 0.1) is 5.92 Å². The molecule has 2 N–H and O–H groups in total. The van der Waals surface area contributed by atoms with Crippen LogP contribution in [0.1, 0.15) is 39.7 Å². The summed E-state index contributed by atoms with van der Waals surface area (Å²) in [4.78, 5) is 12.4. The quantitative estimate of drug-likeness (QED) is 0.570. The SMILES string of the molecule is CCCCOc1cc2c(cc1Cl)-c1cc(=O)c(B(O)O)cn1[C@H](C(C)C)CO2. The Morgan fingerprint density at radius 1 is 1.36 bits per heavy atom. The van der Waals surface area contributed by atoms with E-state index in [0.717, 1.165) is 12.8 Å². The number of rotatable bonds is 6. The van der Waals surface area contributed by atoms with Gasteiger partial charge in [-0.05, 0) is 18.4 Å². The Bertz CT molecular complexity index is 912. The lowest BCUT2D eigenvalue weighted by atomic mass is 9.80. The van der Waals surface area contributed by atoms with E-state index in [1.807, 2.05) is 18.4 Å². The summed E-state index contributed by atoms with van der Waals surface area (Å²) < 4.78 is 13.7. The maximum absolute atomic E-state index is 12.4. The lowest BCUT2D eigenvalue weighted by Gasteiger charge is -2.24. The average molecular weight is 406 g/mol. The van der Waals surface area contributed by atoms with Gasteiger partial charge >= 0.3 is 7.12 Å². The van der Waals surface area contributed by atoms with Gasteiger partial charge in [-0.2, -0.15) is 0 Å². The monoisotopic (exact) mass is 405 g/mol. The van der Waals surface area contributed by atoms with Gasteiger partial charge in [-0.1, -0.05) is 38.8 Å². The van der Waals surface area contributed by atoms with E-state index in [2.05, 4.69) is 6.92 Å². The largest absolute Gasteiger partial charge is 0.493 e. The Morgan fingerprint density at radius 2 is 2.11 bits per heavy atom. The van der Waals surface area contributed by atoms with Gasteiger partial charge in [0.25, 0.3) is 0 Å². The van der Waals surface area contributed by atoms with Crippen LogP contribution in [0.5, 0.6) is 11.5 Å². The van der Waals surface area contributed by atoms with Crippen molar-refractivity contribution in [3.63, 3.8) is 0 Å². The molecule has 28 heavy (non-hydrogen) atoms. The Balaban J connectivity index is 2.15. The number of unbranched alkanes of at least 4 members (excludes halogenated alkanes) is 1. The molecule has 1 atom stereocenters. The summed E-state index contributed by atoms with van der Waals surface area (Å²) >= 11 is 6.43. The second-order valence-corrected chi connectivity index (χ2v) is 7.77. The molecule has 1 aromatic heterocycles. The maximum atomic E-state index is 12.4. The molecule has 0 spiro atoms. The van der Waals surface area contributed by atoms with Crippen molar-refractivity contribution in [2.75, 3.05) is 13.2 Å². The lowest BCUT2D eigenvalue weighted by molar-refractivity contribution is 0.219. The van der Waals surface area contributed by atoms with Gasteiger partial charge in [-0.3, -0.25) is 4.79 Å². The summed E-state index contributed by atoms with van der Waals surface area (Å²) in [6.07, 6.45) is 3.45. The Hall–Kier alpha value is -1.96. The van der Waals surface area contributed by atoms with Gasteiger partial charge in [0.15, 0.2) is 5.43 Å². The van der Waals surface area contributed by atoms with Crippen molar-refractivity contribution in [1.82, 2.24) is 4.57 Å². The van der Waals surface area contributed by atoms with E-state index in [0.29, 0.717) is 41.0 Å². The third kappa shape index (κ3) is 4.07. The standard InChI is InChI=1S/C20H25BClNO5/c1-4-5-6-27-20-9-19-13(7-15(20)22)16-8-18(24)14(21(25)26)10-23(16)17(11-28-19)12(2)3/h7-10,12,17,25-26H,4-6,11H2,1-3H3/t17-/m0/s1. The number of fused-ring (bicyclic) bond motifs is 3. The van der Waals surface area contributed by atoms with Crippen LogP contribution < -0.4 is 20.4 Å². The number of aromatic nitrogens is 1. The van der Waals surface area contributed by atoms with Crippen molar-refractivity contribution in [2.45, 2.75) is 39.7 Å². The third-order valence-corrected chi connectivity index (χ3v) is 5.28. The second-order valence-electron chi connectivity index (χ2n) is 7.36. The first-order valence-corrected chi connectivity index (χ1v) is 9.93. The Morgan fingerprint density at radius 3 is 2.75 bits per heavy atom. The van der Waals surface area contributed by atoms with E-state index in [-0.39, 0.29) is 17.4 Å². The van der Waals surface area contributed by atoms with E-state index in [9.17, 15) is 14.8 Å². The molecular formula is C20H25BClNO5. The molecule has 0 unspecified atom stereocenters. The van der Waals surface area contributed by atoms with Crippen LogP contribution in [-0.2, 0) is 0 Å². The van der Waals surface area contributed by atoms with E-state index >= 15 is 0 Å². The summed E-state index contributed by atoms with van der Waals surface area (Å²) in [5, 5.41) is 19.5. The van der Waals surface area contributed by atoms with Crippen LogP contribution in [-0.4, -0.2) is 34.9 Å². The fourth-order valence-electron chi connectivity index (χ4n) is 3.31. The highest BCUT2D eigenvalue weighted by molar-refractivity contribution is 6.58. The number of benzene rings is 1. The highest BCUT2D eigenvalue weighted by Crippen LogP contribution is 2.41. The number of ether oxygens (including phenoxy) is 2. The molecule has 150 valence electrons. The van der Waals surface area contributed by atoms with Crippen molar-refractivity contribution in [1.29, 1.82) is 0 Å². The predicted octanol–water partition coefficient (Wildman–Crippen LogP) is 2.62. The zero-order valence-corrected chi connectivity index (χ0v) is 17.1. The third-order valence-electron chi connectivity index (χ3n) is 4.99. The first kappa shape index (κ1) is 20.8. The van der Waals surface area contributed by atoms with E-state index < -0.39 is 12.5 Å². The Labute approximate surface area is 169 Å². The summed E-state index contributed by atoms with van der Waals surface area (Å²) in [5.41, 5.74) is 0.786. The van der Waals surface area contributed by atoms with Crippen molar-refractivity contribution < 1.29 is 19.5 Å². The molecule has 6 nitrogen and oxygen atoms in total. The zero-order chi connectivity index (χ0) is 20.4. The van der Waals surface area contributed by atoms with E-state index in [1.54, 1.807) is 12.1 Å². The summed E-state index contributed by atoms with van der Waals surface area (Å²) in [6.45, 7) is 7.12. The minimum absolute atomic E-state index is 0.0662. The molecule has 3 rings (SSSR count). The first-order chi connectivity index (χ1) is 13.3. The maximum Gasteiger partial charge on any atom is 0.493 e. The molecule has 8 heteroatoms. The molecule has 0 saturated heterocycles. The van der Waals surface area contributed by atoms with Gasteiger partial charge in [0, 0.05) is 29.4 Å². The molecule has 1 aromatic carbocycles. The smallest absolute Gasteiger partial charge is 0.492 e. The lowest BCUT2D eigenvalue weighted by Crippen LogP contribution is -2.43. The van der Waals surface area contributed by atoms with Crippen molar-refractivity contribution in [2.24, 2.45) is 5.92 Å². The van der Waals surface area contributed by atoms with Crippen LogP contribution in [0.4, 0.5) is 0 Å². The summed E-state index contributed by atoms with van der Waals surface area (Å²) in [6, 6.07) is 4.82. The highest BCUT2D eigenvalue weighted by Gasteiger charge is 2.28. The molecular weight excluding hydrogens is 380 g/mol. The molecule has 1 aliphatic heterocycles. The fraction of sp³-hybridized carbons (Fsp3) is 0.450.